The van der Waals surface area contributed by atoms with Crippen LogP contribution in [0.15, 0.2) is 59.7 Å². The van der Waals surface area contributed by atoms with Gasteiger partial charge in [0, 0.05) is 23.7 Å². The molecule has 8 heteroatoms. The largest absolute Gasteiger partial charge is 0.510 e. The molecular weight excluding hydrogens is 408 g/mol. The van der Waals surface area contributed by atoms with Crippen molar-refractivity contribution in [3.05, 3.63) is 75.3 Å². The van der Waals surface area contributed by atoms with Crippen LogP contribution in [-0.2, 0) is 0 Å². The first kappa shape index (κ1) is 19.2. The monoisotopic (exact) mass is 424 g/mol. The number of aromatic nitrogens is 1. The average Bonchev–Trinajstić information content (AvgIpc) is 3.32. The summed E-state index contributed by atoms with van der Waals surface area (Å²) in [6.07, 6.45) is 0. The zero-order valence-corrected chi connectivity index (χ0v) is 17.0. The maximum Gasteiger partial charge on any atom is 0.252 e. The number of amides is 1. The molecule has 29 heavy (non-hydrogen) atoms. The zero-order chi connectivity index (χ0) is 20.5. The molecule has 3 N–H and O–H groups in total. The summed E-state index contributed by atoms with van der Waals surface area (Å²) in [5.41, 5.74) is 3.16. The lowest BCUT2D eigenvalue weighted by Gasteiger charge is -2.19. The van der Waals surface area contributed by atoms with Gasteiger partial charge >= 0.3 is 0 Å². The van der Waals surface area contributed by atoms with E-state index in [0.717, 1.165) is 11.3 Å². The van der Waals surface area contributed by atoms with Crippen molar-refractivity contribution >= 4 is 45.9 Å². The van der Waals surface area contributed by atoms with Gasteiger partial charge in [-0.1, -0.05) is 41.9 Å². The number of aliphatic hydroxyl groups excluding tert-OH is 1. The van der Waals surface area contributed by atoms with Crippen molar-refractivity contribution in [3.63, 3.8) is 0 Å². The molecule has 0 spiro atoms. The van der Waals surface area contributed by atoms with E-state index in [4.69, 9.17) is 17.0 Å². The molecule has 2 heterocycles. The normalized spacial score (nSPS) is 13.9. The van der Waals surface area contributed by atoms with E-state index >= 15 is 0 Å². The number of thiazole rings is 1. The molecule has 2 aromatic carbocycles. The van der Waals surface area contributed by atoms with Crippen LogP contribution in [0.2, 0.25) is 5.02 Å². The Morgan fingerprint density at radius 2 is 2.03 bits per heavy atom. The quantitative estimate of drug-likeness (QED) is 0.571. The first-order valence-electron chi connectivity index (χ1n) is 8.81. The van der Waals surface area contributed by atoms with Crippen molar-refractivity contribution in [1.29, 1.82) is 5.41 Å². The third-order valence-corrected chi connectivity index (χ3v) is 5.80. The molecule has 0 saturated carbocycles. The molecule has 0 unspecified atom stereocenters. The number of rotatable bonds is 4. The van der Waals surface area contributed by atoms with E-state index in [0.29, 0.717) is 21.8 Å². The third-order valence-electron chi connectivity index (χ3n) is 4.63. The summed E-state index contributed by atoms with van der Waals surface area (Å²) in [5.74, 6) is -0.0633. The molecule has 1 aliphatic rings. The fourth-order valence-corrected chi connectivity index (χ4v) is 4.30. The standard InChI is InChI=1S/C21H17ClN4O2S/c1-24-20(28)14-8-7-13(9-15(14)22)26-10-17(27)18(19(26)23)21-25-16(11-29-21)12-5-3-2-4-6-12/h2-9,11,23,27H,10H2,1H3,(H,24,28). The molecule has 1 aromatic heterocycles. The number of benzene rings is 2. The number of anilines is 1. The van der Waals surface area contributed by atoms with Gasteiger partial charge in [-0.2, -0.15) is 0 Å². The minimum absolute atomic E-state index is 0.0791. The molecule has 0 saturated heterocycles. The summed E-state index contributed by atoms with van der Waals surface area (Å²) < 4.78 is 0. The Kier molecular flexibility index (Phi) is 5.08. The van der Waals surface area contributed by atoms with Gasteiger partial charge in [0.2, 0.25) is 0 Å². The van der Waals surface area contributed by atoms with Crippen LogP contribution in [0.4, 0.5) is 5.69 Å². The second kappa shape index (κ2) is 7.69. The van der Waals surface area contributed by atoms with Gasteiger partial charge in [0.15, 0.2) is 0 Å². The van der Waals surface area contributed by atoms with Gasteiger partial charge in [-0.25, -0.2) is 4.98 Å². The highest BCUT2D eigenvalue weighted by Gasteiger charge is 2.31. The highest BCUT2D eigenvalue weighted by atomic mass is 35.5. The Labute approximate surface area is 176 Å². The second-order valence-electron chi connectivity index (χ2n) is 6.40. The molecule has 1 aliphatic heterocycles. The highest BCUT2D eigenvalue weighted by Crippen LogP contribution is 2.35. The van der Waals surface area contributed by atoms with Crippen LogP contribution in [0.1, 0.15) is 15.4 Å². The van der Waals surface area contributed by atoms with Crippen molar-refractivity contribution in [1.82, 2.24) is 10.3 Å². The summed E-state index contributed by atoms with van der Waals surface area (Å²) in [6, 6.07) is 14.7. The van der Waals surface area contributed by atoms with Crippen molar-refractivity contribution in [2.45, 2.75) is 0 Å². The molecular formula is C21H17ClN4O2S. The van der Waals surface area contributed by atoms with Crippen molar-refractivity contribution in [2.24, 2.45) is 0 Å². The van der Waals surface area contributed by atoms with Gasteiger partial charge in [0.25, 0.3) is 5.91 Å². The number of amidine groups is 1. The number of hydrogen-bond donors (Lipinski definition) is 3. The summed E-state index contributed by atoms with van der Waals surface area (Å²) in [7, 11) is 1.54. The fourth-order valence-electron chi connectivity index (χ4n) is 3.15. The SMILES string of the molecule is CNC(=O)c1ccc(N2CC(O)=C(c3nc(-c4ccccc4)cs3)C2=N)cc1Cl. The predicted octanol–water partition coefficient (Wildman–Crippen LogP) is 4.59. The Morgan fingerprint density at radius 1 is 1.28 bits per heavy atom. The maximum atomic E-state index is 11.8. The van der Waals surface area contributed by atoms with Crippen molar-refractivity contribution in [3.8, 4) is 11.3 Å². The van der Waals surface area contributed by atoms with Gasteiger partial charge in [0.1, 0.15) is 16.6 Å². The number of carbonyl (C=O) groups excluding carboxylic acids is 1. The Bertz CT molecular complexity index is 1140. The van der Waals surface area contributed by atoms with Gasteiger partial charge in [0.05, 0.1) is 28.4 Å². The molecule has 146 valence electrons. The highest BCUT2D eigenvalue weighted by molar-refractivity contribution is 7.11. The molecule has 4 rings (SSSR count). The predicted molar refractivity (Wildman–Crippen MR) is 117 cm³/mol. The van der Waals surface area contributed by atoms with Crippen LogP contribution in [0.5, 0.6) is 0 Å². The first-order valence-corrected chi connectivity index (χ1v) is 10.1. The molecule has 6 nitrogen and oxygen atoms in total. The van der Waals surface area contributed by atoms with Crippen LogP contribution < -0.4 is 10.2 Å². The molecule has 0 bridgehead atoms. The van der Waals surface area contributed by atoms with E-state index in [1.54, 1.807) is 23.1 Å². The molecule has 1 amide bonds. The van der Waals surface area contributed by atoms with Crippen LogP contribution >= 0.6 is 22.9 Å². The molecule has 0 atom stereocenters. The van der Waals surface area contributed by atoms with E-state index in [-0.39, 0.29) is 29.1 Å². The zero-order valence-electron chi connectivity index (χ0n) is 15.4. The first-order chi connectivity index (χ1) is 14.0. The van der Waals surface area contributed by atoms with Gasteiger partial charge in [-0.15, -0.1) is 11.3 Å². The van der Waals surface area contributed by atoms with Crippen molar-refractivity contribution in [2.75, 3.05) is 18.5 Å². The number of aliphatic hydroxyl groups is 1. The Balaban J connectivity index is 1.62. The van der Waals surface area contributed by atoms with Crippen molar-refractivity contribution < 1.29 is 9.90 Å². The van der Waals surface area contributed by atoms with E-state index in [9.17, 15) is 9.90 Å². The van der Waals surface area contributed by atoms with Crippen LogP contribution in [-0.4, -0.2) is 35.4 Å². The summed E-state index contributed by atoms with van der Waals surface area (Å²) in [6.45, 7) is 0.143. The van der Waals surface area contributed by atoms with E-state index in [1.807, 2.05) is 35.7 Å². The Morgan fingerprint density at radius 3 is 2.72 bits per heavy atom. The molecule has 3 aromatic rings. The number of halogens is 1. The molecule has 0 fully saturated rings. The summed E-state index contributed by atoms with van der Waals surface area (Å²) in [5, 5.41) is 24.4. The molecule has 0 radical (unpaired) electrons. The second-order valence-corrected chi connectivity index (χ2v) is 7.67. The Hall–Kier alpha value is -3.16. The topological polar surface area (TPSA) is 89.3 Å². The lowest BCUT2D eigenvalue weighted by molar-refractivity contribution is 0.0963. The lowest BCUT2D eigenvalue weighted by Crippen LogP contribution is -2.26. The van der Waals surface area contributed by atoms with Gasteiger partial charge < -0.3 is 15.3 Å². The number of carbonyl (C=O) groups is 1. The number of hydrogen-bond acceptors (Lipinski definition) is 5. The fraction of sp³-hybridized carbons (Fsp3) is 0.0952. The minimum atomic E-state index is -0.282. The number of nitrogens with one attached hydrogen (secondary N) is 2. The summed E-state index contributed by atoms with van der Waals surface area (Å²) in [4.78, 5) is 18.1. The lowest BCUT2D eigenvalue weighted by atomic mass is 10.1. The number of nitrogens with zero attached hydrogens (tertiary/aromatic N) is 2. The van der Waals surface area contributed by atoms with Gasteiger partial charge in [-0.3, -0.25) is 10.2 Å². The minimum Gasteiger partial charge on any atom is -0.510 e. The van der Waals surface area contributed by atoms with E-state index in [2.05, 4.69) is 10.3 Å². The average molecular weight is 425 g/mol. The van der Waals surface area contributed by atoms with Crippen LogP contribution in [0.3, 0.4) is 0 Å². The smallest absolute Gasteiger partial charge is 0.252 e. The van der Waals surface area contributed by atoms with Gasteiger partial charge in [-0.05, 0) is 18.2 Å². The molecule has 0 aliphatic carbocycles. The maximum absolute atomic E-state index is 11.8. The van der Waals surface area contributed by atoms with E-state index < -0.39 is 0 Å². The van der Waals surface area contributed by atoms with Crippen LogP contribution in [0.25, 0.3) is 16.8 Å². The summed E-state index contributed by atoms with van der Waals surface area (Å²) >= 11 is 7.63. The van der Waals surface area contributed by atoms with Crippen LogP contribution in [0, 0.1) is 5.41 Å². The third kappa shape index (κ3) is 3.50. The van der Waals surface area contributed by atoms with E-state index in [1.165, 1.54) is 18.4 Å².